The van der Waals surface area contributed by atoms with Crippen molar-refractivity contribution in [1.82, 2.24) is 10.9 Å². The summed E-state index contributed by atoms with van der Waals surface area (Å²) in [5.41, 5.74) is 4.79. The highest BCUT2D eigenvalue weighted by molar-refractivity contribution is 5.81. The first-order valence-corrected chi connectivity index (χ1v) is 7.73. The van der Waals surface area contributed by atoms with Gasteiger partial charge in [0.05, 0.1) is 24.9 Å². The predicted molar refractivity (Wildman–Crippen MR) is 94.9 cm³/mol. The van der Waals surface area contributed by atoms with E-state index in [1.807, 2.05) is 0 Å². The number of halogens is 3. The number of hydrogen-bond acceptors (Lipinski definition) is 5. The minimum atomic E-state index is -4.46. The van der Waals surface area contributed by atoms with E-state index in [0.717, 1.165) is 12.1 Å². The molecule has 0 fully saturated rings. The molecule has 1 amide bonds. The standard InChI is InChI=1S/C18H18F3N3O3/c1-11(15-7-6-14(27-2)9-16(15)25)23-24-17(26)10-22-13-5-3-4-12(8-13)18(19,20)21/h3-9,22-23,25H,1,10H2,2H3,(H,24,26). The Balaban J connectivity index is 1.87. The number of alkyl halides is 3. The van der Waals surface area contributed by atoms with E-state index in [0.29, 0.717) is 11.3 Å². The molecular formula is C18H18F3N3O3. The topological polar surface area (TPSA) is 82.6 Å². The third kappa shape index (κ3) is 5.56. The molecule has 0 unspecified atom stereocenters. The van der Waals surface area contributed by atoms with Crippen molar-refractivity contribution in [2.75, 3.05) is 19.0 Å². The molecule has 0 saturated carbocycles. The van der Waals surface area contributed by atoms with Crippen molar-refractivity contribution in [3.63, 3.8) is 0 Å². The van der Waals surface area contributed by atoms with Crippen LogP contribution < -0.4 is 20.9 Å². The van der Waals surface area contributed by atoms with Crippen molar-refractivity contribution < 1.29 is 27.8 Å². The van der Waals surface area contributed by atoms with Crippen LogP contribution in [0.3, 0.4) is 0 Å². The number of rotatable bonds is 7. The first-order chi connectivity index (χ1) is 12.7. The van der Waals surface area contributed by atoms with E-state index in [-0.39, 0.29) is 23.7 Å². The molecule has 0 saturated heterocycles. The highest BCUT2D eigenvalue weighted by Gasteiger charge is 2.30. The molecule has 6 nitrogen and oxygen atoms in total. The largest absolute Gasteiger partial charge is 0.507 e. The Labute approximate surface area is 153 Å². The van der Waals surface area contributed by atoms with E-state index in [2.05, 4.69) is 22.7 Å². The summed E-state index contributed by atoms with van der Waals surface area (Å²) in [6.45, 7) is 3.43. The fourth-order valence-corrected chi connectivity index (χ4v) is 2.14. The molecular weight excluding hydrogens is 363 g/mol. The quantitative estimate of drug-likeness (QED) is 0.554. The van der Waals surface area contributed by atoms with Crippen LogP contribution in [0.1, 0.15) is 11.1 Å². The van der Waals surface area contributed by atoms with Gasteiger partial charge in [0.25, 0.3) is 5.91 Å². The Morgan fingerprint density at radius 2 is 1.93 bits per heavy atom. The maximum Gasteiger partial charge on any atom is 0.416 e. The lowest BCUT2D eigenvalue weighted by atomic mass is 10.1. The van der Waals surface area contributed by atoms with Crippen LogP contribution in [-0.4, -0.2) is 24.7 Å². The molecule has 0 bridgehead atoms. The highest BCUT2D eigenvalue weighted by Crippen LogP contribution is 2.30. The molecule has 0 radical (unpaired) electrons. The number of carbonyl (C=O) groups excluding carboxylic acids is 1. The van der Waals surface area contributed by atoms with Gasteiger partial charge in [-0.15, -0.1) is 0 Å². The van der Waals surface area contributed by atoms with Crippen LogP contribution in [-0.2, 0) is 11.0 Å². The van der Waals surface area contributed by atoms with Crippen molar-refractivity contribution in [2.24, 2.45) is 0 Å². The number of ether oxygens (including phenoxy) is 1. The minimum absolute atomic E-state index is 0.0943. The van der Waals surface area contributed by atoms with Crippen LogP contribution in [0.15, 0.2) is 49.0 Å². The van der Waals surface area contributed by atoms with Crippen LogP contribution in [0.2, 0.25) is 0 Å². The lowest BCUT2D eigenvalue weighted by Crippen LogP contribution is -2.39. The molecule has 0 aliphatic heterocycles. The van der Waals surface area contributed by atoms with Crippen LogP contribution >= 0.6 is 0 Å². The van der Waals surface area contributed by atoms with Gasteiger partial charge < -0.3 is 15.2 Å². The fraction of sp³-hybridized carbons (Fsp3) is 0.167. The molecule has 0 atom stereocenters. The molecule has 9 heteroatoms. The number of anilines is 1. The van der Waals surface area contributed by atoms with Gasteiger partial charge in [0.1, 0.15) is 11.5 Å². The minimum Gasteiger partial charge on any atom is -0.507 e. The summed E-state index contributed by atoms with van der Waals surface area (Å²) in [5.74, 6) is -0.178. The number of methoxy groups -OCH3 is 1. The Morgan fingerprint density at radius 3 is 2.56 bits per heavy atom. The average Bonchev–Trinajstić information content (AvgIpc) is 2.63. The molecule has 144 valence electrons. The van der Waals surface area contributed by atoms with Gasteiger partial charge >= 0.3 is 6.18 Å². The third-order valence-electron chi connectivity index (χ3n) is 3.53. The van der Waals surface area contributed by atoms with Crippen LogP contribution in [0.25, 0.3) is 5.70 Å². The Bertz CT molecular complexity index is 838. The number of hydrogen-bond donors (Lipinski definition) is 4. The Kier molecular flexibility index (Phi) is 6.17. The second kappa shape index (κ2) is 8.35. The first kappa shape index (κ1) is 20.0. The number of phenolic OH excluding ortho intramolecular Hbond substituents is 1. The average molecular weight is 381 g/mol. The summed E-state index contributed by atoms with van der Waals surface area (Å²) < 4.78 is 43.0. The van der Waals surface area contributed by atoms with Gasteiger partial charge in [-0.2, -0.15) is 13.2 Å². The summed E-state index contributed by atoms with van der Waals surface area (Å²) in [4.78, 5) is 11.8. The molecule has 2 aromatic carbocycles. The van der Waals surface area contributed by atoms with Gasteiger partial charge in [-0.05, 0) is 30.3 Å². The van der Waals surface area contributed by atoms with Crippen LogP contribution in [0.5, 0.6) is 11.5 Å². The van der Waals surface area contributed by atoms with Crippen LogP contribution in [0, 0.1) is 0 Å². The zero-order chi connectivity index (χ0) is 20.0. The molecule has 0 aromatic heterocycles. The van der Waals surface area contributed by atoms with E-state index in [9.17, 15) is 23.1 Å². The van der Waals surface area contributed by atoms with Gasteiger partial charge in [-0.3, -0.25) is 15.6 Å². The molecule has 2 aromatic rings. The lowest BCUT2D eigenvalue weighted by Gasteiger charge is -2.14. The normalized spacial score (nSPS) is 10.8. The molecule has 27 heavy (non-hydrogen) atoms. The highest BCUT2D eigenvalue weighted by atomic mass is 19.4. The molecule has 2 rings (SSSR count). The predicted octanol–water partition coefficient (Wildman–Crippen LogP) is 3.12. The van der Waals surface area contributed by atoms with E-state index in [1.165, 1.54) is 25.3 Å². The SMILES string of the molecule is C=C(NNC(=O)CNc1cccc(C(F)(F)F)c1)c1ccc(OC)cc1O. The third-order valence-corrected chi connectivity index (χ3v) is 3.53. The van der Waals surface area contributed by atoms with Crippen molar-refractivity contribution in [1.29, 1.82) is 0 Å². The number of amides is 1. The number of nitrogens with one attached hydrogen (secondary N) is 3. The summed E-state index contributed by atoms with van der Waals surface area (Å²) >= 11 is 0. The maximum atomic E-state index is 12.7. The Hall–Kier alpha value is -3.36. The van der Waals surface area contributed by atoms with Crippen molar-refractivity contribution in [2.45, 2.75) is 6.18 Å². The van der Waals surface area contributed by atoms with Crippen molar-refractivity contribution in [3.8, 4) is 11.5 Å². The maximum absolute atomic E-state index is 12.7. The van der Waals surface area contributed by atoms with Gasteiger partial charge in [0, 0.05) is 17.3 Å². The molecule has 4 N–H and O–H groups in total. The molecule has 0 aliphatic rings. The lowest BCUT2D eigenvalue weighted by molar-refractivity contribution is -0.137. The molecule has 0 spiro atoms. The van der Waals surface area contributed by atoms with Gasteiger partial charge in [0.2, 0.25) is 0 Å². The monoisotopic (exact) mass is 381 g/mol. The summed E-state index contributed by atoms with van der Waals surface area (Å²) in [7, 11) is 1.46. The van der Waals surface area contributed by atoms with Gasteiger partial charge in [0.15, 0.2) is 0 Å². The zero-order valence-electron chi connectivity index (χ0n) is 14.4. The van der Waals surface area contributed by atoms with Gasteiger partial charge in [-0.25, -0.2) is 0 Å². The van der Waals surface area contributed by atoms with E-state index < -0.39 is 17.6 Å². The number of benzene rings is 2. The fourth-order valence-electron chi connectivity index (χ4n) is 2.14. The van der Waals surface area contributed by atoms with Crippen LogP contribution in [0.4, 0.5) is 18.9 Å². The van der Waals surface area contributed by atoms with Crippen molar-refractivity contribution in [3.05, 3.63) is 60.2 Å². The zero-order valence-corrected chi connectivity index (χ0v) is 14.4. The second-order valence-corrected chi connectivity index (χ2v) is 5.47. The van der Waals surface area contributed by atoms with E-state index in [4.69, 9.17) is 4.74 Å². The summed E-state index contributed by atoms with van der Waals surface area (Å²) in [5, 5.41) is 12.5. The van der Waals surface area contributed by atoms with E-state index in [1.54, 1.807) is 12.1 Å². The number of phenols is 1. The van der Waals surface area contributed by atoms with Crippen molar-refractivity contribution >= 4 is 17.3 Å². The summed E-state index contributed by atoms with van der Waals surface area (Å²) in [6, 6.07) is 9.07. The van der Waals surface area contributed by atoms with E-state index >= 15 is 0 Å². The van der Waals surface area contributed by atoms with Gasteiger partial charge in [-0.1, -0.05) is 12.6 Å². The summed E-state index contributed by atoms with van der Waals surface area (Å²) in [6.07, 6.45) is -4.46. The number of carbonyl (C=O) groups is 1. The molecule has 0 aliphatic carbocycles. The number of hydrazine groups is 1. The molecule has 0 heterocycles. The second-order valence-electron chi connectivity index (χ2n) is 5.47. The smallest absolute Gasteiger partial charge is 0.416 e. The first-order valence-electron chi connectivity index (χ1n) is 7.73. The number of aromatic hydroxyl groups is 1. The Morgan fingerprint density at radius 1 is 1.19 bits per heavy atom.